The predicted octanol–water partition coefficient (Wildman–Crippen LogP) is 17.9. The number of hydrogen-bond acceptors (Lipinski definition) is 3. The minimum atomic E-state index is -0.603. The van der Waals surface area contributed by atoms with Crippen molar-refractivity contribution in [1.29, 1.82) is 5.41 Å². The minimum Gasteiger partial charge on any atom is -0.354 e. The molecule has 0 radical (unpaired) electrons. The number of nitrogens with one attached hydrogen (secondary N) is 2. The first kappa shape index (κ1) is 45.1. The van der Waals surface area contributed by atoms with E-state index in [1.807, 2.05) is 36.4 Å². The van der Waals surface area contributed by atoms with Crippen LogP contribution in [0.15, 0.2) is 291 Å². The monoisotopic (exact) mass is 957 g/mol. The highest BCUT2D eigenvalue weighted by atomic mass is 15.1. The van der Waals surface area contributed by atoms with Crippen LogP contribution in [0.2, 0.25) is 0 Å². The summed E-state index contributed by atoms with van der Waals surface area (Å²) in [6, 6.07) is 104. The maximum atomic E-state index is 10.1. The summed E-state index contributed by atoms with van der Waals surface area (Å²) in [6.07, 6.45) is 2.25. The van der Waals surface area contributed by atoms with E-state index in [2.05, 4.69) is 271 Å². The fourth-order valence-corrected chi connectivity index (χ4v) is 11.5. The average molecular weight is 958 g/mol. The lowest BCUT2D eigenvalue weighted by atomic mass is 9.67. The Balaban J connectivity index is 1.11. The Bertz CT molecular complexity index is 3850. The molecule has 0 spiro atoms. The van der Waals surface area contributed by atoms with Crippen molar-refractivity contribution in [3.63, 3.8) is 0 Å². The van der Waals surface area contributed by atoms with Gasteiger partial charge in [0.15, 0.2) is 0 Å². The van der Waals surface area contributed by atoms with Gasteiger partial charge in [0.05, 0.1) is 16.8 Å². The van der Waals surface area contributed by atoms with Gasteiger partial charge >= 0.3 is 0 Å². The first-order chi connectivity index (χ1) is 37.1. The summed E-state index contributed by atoms with van der Waals surface area (Å²) in [7, 11) is 0. The Morgan fingerprint density at radius 1 is 0.347 bits per heavy atom. The molecule has 2 aliphatic rings. The van der Waals surface area contributed by atoms with Gasteiger partial charge in [-0.1, -0.05) is 249 Å². The van der Waals surface area contributed by atoms with Gasteiger partial charge in [-0.25, -0.2) is 0 Å². The molecule has 1 aliphatic heterocycles. The molecule has 1 heterocycles. The normalized spacial score (nSPS) is 13.6. The molecule has 0 amide bonds. The summed E-state index contributed by atoms with van der Waals surface area (Å²) < 4.78 is 0. The zero-order valence-electron chi connectivity index (χ0n) is 41.2. The van der Waals surface area contributed by atoms with Crippen molar-refractivity contribution < 1.29 is 0 Å². The Labute approximate surface area is 439 Å². The zero-order chi connectivity index (χ0) is 50.1. The average Bonchev–Trinajstić information content (AvgIpc) is 3.86. The molecule has 11 aromatic rings. The maximum Gasteiger partial charge on any atom is 0.0714 e. The zero-order valence-corrected chi connectivity index (χ0v) is 41.2. The molecule has 354 valence electrons. The van der Waals surface area contributed by atoms with E-state index in [-0.39, 0.29) is 0 Å². The maximum absolute atomic E-state index is 10.1. The smallest absolute Gasteiger partial charge is 0.0714 e. The van der Waals surface area contributed by atoms with Gasteiger partial charge in [-0.2, -0.15) is 0 Å². The third-order valence-electron chi connectivity index (χ3n) is 14.9. The molecule has 1 aliphatic carbocycles. The van der Waals surface area contributed by atoms with Gasteiger partial charge < -0.3 is 10.2 Å². The Morgan fingerprint density at radius 3 is 1.40 bits per heavy atom. The lowest BCUT2D eigenvalue weighted by Crippen LogP contribution is -2.28. The first-order valence-electron chi connectivity index (χ1n) is 25.7. The summed E-state index contributed by atoms with van der Waals surface area (Å²) in [5.74, 6) is 0. The van der Waals surface area contributed by atoms with Crippen LogP contribution in [0, 0.1) is 5.41 Å². The third-order valence-corrected chi connectivity index (χ3v) is 14.9. The number of allylic oxidation sites excluding steroid dienone is 1. The number of fused-ring (bicyclic) bond motifs is 4. The lowest BCUT2D eigenvalue weighted by Gasteiger charge is -2.35. The Hall–Kier alpha value is -9.83. The molecule has 0 fully saturated rings. The Morgan fingerprint density at radius 2 is 0.813 bits per heavy atom. The quantitative estimate of drug-likeness (QED) is 0.127. The van der Waals surface area contributed by atoms with Gasteiger partial charge in [0.2, 0.25) is 0 Å². The second-order valence-corrected chi connectivity index (χ2v) is 19.3. The van der Waals surface area contributed by atoms with Gasteiger partial charge in [-0.3, -0.25) is 5.41 Å². The van der Waals surface area contributed by atoms with Gasteiger partial charge in [0, 0.05) is 39.5 Å². The van der Waals surface area contributed by atoms with Crippen molar-refractivity contribution in [2.45, 2.75) is 5.41 Å². The second-order valence-electron chi connectivity index (χ2n) is 19.3. The molecule has 0 saturated heterocycles. The van der Waals surface area contributed by atoms with E-state index in [4.69, 9.17) is 0 Å². The van der Waals surface area contributed by atoms with Crippen LogP contribution in [0.4, 0.5) is 17.1 Å². The molecule has 13 rings (SSSR count). The van der Waals surface area contributed by atoms with E-state index in [0.29, 0.717) is 5.71 Å². The van der Waals surface area contributed by atoms with E-state index < -0.39 is 5.41 Å². The van der Waals surface area contributed by atoms with Crippen molar-refractivity contribution >= 4 is 45.8 Å². The third kappa shape index (κ3) is 8.08. The van der Waals surface area contributed by atoms with E-state index in [9.17, 15) is 5.41 Å². The molecule has 0 atom stereocenters. The molecular weight excluding hydrogens is 907 g/mol. The lowest BCUT2D eigenvalue weighted by molar-refractivity contribution is 0.768. The topological polar surface area (TPSA) is 39.1 Å². The summed E-state index contributed by atoms with van der Waals surface area (Å²) >= 11 is 0. The predicted molar refractivity (Wildman–Crippen MR) is 313 cm³/mol. The Kier molecular flexibility index (Phi) is 11.6. The summed E-state index contributed by atoms with van der Waals surface area (Å²) in [5.41, 5.74) is 22.3. The largest absolute Gasteiger partial charge is 0.354 e. The molecule has 0 saturated carbocycles. The molecule has 0 aromatic heterocycles. The van der Waals surface area contributed by atoms with Crippen LogP contribution in [0.3, 0.4) is 0 Å². The van der Waals surface area contributed by atoms with Crippen molar-refractivity contribution in [1.82, 2.24) is 5.32 Å². The van der Waals surface area contributed by atoms with Gasteiger partial charge in [0.25, 0.3) is 0 Å². The highest BCUT2D eigenvalue weighted by Crippen LogP contribution is 2.57. The molecule has 75 heavy (non-hydrogen) atoms. The second kappa shape index (κ2) is 19.3. The van der Waals surface area contributed by atoms with Crippen molar-refractivity contribution in [2.24, 2.45) is 0 Å². The van der Waals surface area contributed by atoms with Crippen LogP contribution < -0.4 is 10.2 Å². The van der Waals surface area contributed by atoms with E-state index in [0.717, 1.165) is 84.1 Å². The molecule has 3 nitrogen and oxygen atoms in total. The van der Waals surface area contributed by atoms with E-state index in [1.165, 1.54) is 33.4 Å². The van der Waals surface area contributed by atoms with Crippen LogP contribution in [0.5, 0.6) is 0 Å². The minimum absolute atomic E-state index is 0.436. The summed E-state index contributed by atoms with van der Waals surface area (Å²) in [6.45, 7) is 0. The molecule has 0 bridgehead atoms. The molecule has 2 N–H and O–H groups in total. The standard InChI is InChI=1S/C72H51N3/c73-70(54-32-16-5-17-33-54)69(53-30-14-4-15-31-53)71-65-48-60(41-40-55(65)47-68(74-71)52-28-12-3-13-29-52)75(62-45-56(50-24-8-1-9-25-50)44-57(46-62)51-26-10-2-11-27-51)61-42-43-64-63-38-22-23-39-66(63)72(67(64)49-61,58-34-18-6-19-35-58)59-36-20-7-21-37-59/h1-49,73-74H/b71-69-,73-70?. The molecular formula is C72H51N3. The van der Waals surface area contributed by atoms with E-state index >= 15 is 0 Å². The van der Waals surface area contributed by atoms with Crippen LogP contribution in [-0.4, -0.2) is 5.71 Å². The van der Waals surface area contributed by atoms with Gasteiger partial charge in [-0.05, 0) is 121 Å². The SMILES string of the molecule is N=C(/C(=C1\NC(c2ccccc2)=Cc2ccc(N(c3cc(-c4ccccc4)cc(-c4ccccc4)c3)c3ccc4c(c3)C(c3ccccc3)(c3ccccc3)c3ccccc3-4)cc21)c1ccccc1)c1ccccc1. The highest BCUT2D eigenvalue weighted by Gasteiger charge is 2.46. The summed E-state index contributed by atoms with van der Waals surface area (Å²) in [4.78, 5) is 2.45. The number of anilines is 3. The van der Waals surface area contributed by atoms with Crippen LogP contribution in [0.25, 0.3) is 56.4 Å². The highest BCUT2D eigenvalue weighted by molar-refractivity contribution is 6.36. The van der Waals surface area contributed by atoms with Crippen LogP contribution >= 0.6 is 0 Å². The van der Waals surface area contributed by atoms with Crippen LogP contribution in [0.1, 0.15) is 50.1 Å². The first-order valence-corrected chi connectivity index (χ1v) is 25.7. The number of nitrogens with zero attached hydrogens (tertiary/aromatic N) is 1. The fraction of sp³-hybridized carbons (Fsp3) is 0.0139. The number of rotatable bonds is 11. The van der Waals surface area contributed by atoms with Crippen molar-refractivity contribution in [3.05, 3.63) is 341 Å². The molecule has 11 aromatic carbocycles. The summed E-state index contributed by atoms with van der Waals surface area (Å²) in [5, 5.41) is 14.0. The number of hydrogen-bond donors (Lipinski definition) is 2. The van der Waals surface area contributed by atoms with E-state index in [1.54, 1.807) is 0 Å². The number of benzene rings is 11. The van der Waals surface area contributed by atoms with Crippen molar-refractivity contribution in [3.8, 4) is 33.4 Å². The van der Waals surface area contributed by atoms with Crippen LogP contribution in [-0.2, 0) is 5.41 Å². The molecule has 3 heteroatoms. The van der Waals surface area contributed by atoms with Gasteiger partial charge in [-0.15, -0.1) is 0 Å². The van der Waals surface area contributed by atoms with Gasteiger partial charge in [0.1, 0.15) is 0 Å². The van der Waals surface area contributed by atoms with Crippen molar-refractivity contribution in [2.75, 3.05) is 4.90 Å². The fourth-order valence-electron chi connectivity index (χ4n) is 11.5. The molecule has 0 unspecified atom stereocenters.